The average molecular weight is 262 g/mol. The lowest BCUT2D eigenvalue weighted by atomic mass is 10.1. The van der Waals surface area contributed by atoms with E-state index in [4.69, 9.17) is 4.74 Å². The van der Waals surface area contributed by atoms with Gasteiger partial charge in [-0.3, -0.25) is 4.79 Å². The maximum Gasteiger partial charge on any atom is 0.165 e. The summed E-state index contributed by atoms with van der Waals surface area (Å²) in [5.74, 6) is -1.32. The normalized spacial score (nSPS) is 10.3. The molecule has 0 saturated heterocycles. The van der Waals surface area contributed by atoms with Crippen LogP contribution in [-0.4, -0.2) is 5.78 Å². The Morgan fingerprint density at radius 1 is 1.11 bits per heavy atom. The quantitative estimate of drug-likeness (QED) is 0.766. The molecule has 2 rings (SSSR count). The summed E-state index contributed by atoms with van der Waals surface area (Å²) in [5, 5.41) is 0. The number of ketones is 1. The first-order valence-electron chi connectivity index (χ1n) is 5.87. The van der Waals surface area contributed by atoms with Crippen LogP contribution in [0.2, 0.25) is 0 Å². The number of Topliss-reactive ketones (excluding diaryl/α,β-unsaturated/α-hetero) is 1. The van der Waals surface area contributed by atoms with Crippen molar-refractivity contribution in [3.63, 3.8) is 0 Å². The Balaban J connectivity index is 2.26. The standard InChI is InChI=1S/C15H12F2O2/c1-2-14(18)11-8-7-10(9-13(11)17)19-15-6-4-3-5-12(15)16/h3-9H,2H2,1H3. The van der Waals surface area contributed by atoms with Gasteiger partial charge in [-0.15, -0.1) is 0 Å². The number of hydrogen-bond acceptors (Lipinski definition) is 2. The molecule has 98 valence electrons. The number of carbonyl (C=O) groups excluding carboxylic acids is 1. The van der Waals surface area contributed by atoms with Crippen LogP contribution in [0.15, 0.2) is 42.5 Å². The van der Waals surface area contributed by atoms with E-state index in [2.05, 4.69) is 0 Å². The Kier molecular flexibility index (Phi) is 3.90. The van der Waals surface area contributed by atoms with E-state index < -0.39 is 11.6 Å². The number of rotatable bonds is 4. The van der Waals surface area contributed by atoms with Gasteiger partial charge in [-0.25, -0.2) is 8.78 Å². The van der Waals surface area contributed by atoms with Crippen molar-refractivity contribution in [2.75, 3.05) is 0 Å². The number of benzene rings is 2. The number of halogens is 2. The predicted molar refractivity (Wildman–Crippen MR) is 67.5 cm³/mol. The Bertz CT molecular complexity index is 609. The summed E-state index contributed by atoms with van der Waals surface area (Å²) in [5.41, 5.74) is 0.0170. The lowest BCUT2D eigenvalue weighted by Gasteiger charge is -2.08. The molecular weight excluding hydrogens is 250 g/mol. The van der Waals surface area contributed by atoms with Crippen molar-refractivity contribution in [3.8, 4) is 11.5 Å². The molecule has 0 atom stereocenters. The van der Waals surface area contributed by atoms with Gasteiger partial charge in [-0.2, -0.15) is 0 Å². The molecule has 0 saturated carbocycles. The molecule has 4 heteroatoms. The summed E-state index contributed by atoms with van der Waals surface area (Å²) in [6.45, 7) is 1.66. The summed E-state index contributed by atoms with van der Waals surface area (Å²) in [4.78, 5) is 11.4. The van der Waals surface area contributed by atoms with E-state index >= 15 is 0 Å². The van der Waals surface area contributed by atoms with Gasteiger partial charge in [0.2, 0.25) is 0 Å². The van der Waals surface area contributed by atoms with Gasteiger partial charge >= 0.3 is 0 Å². The maximum atomic E-state index is 13.7. The molecule has 0 aliphatic heterocycles. The molecule has 0 spiro atoms. The molecule has 2 aromatic carbocycles. The minimum atomic E-state index is -0.666. The van der Waals surface area contributed by atoms with Crippen LogP contribution in [0.1, 0.15) is 23.7 Å². The largest absolute Gasteiger partial charge is 0.454 e. The van der Waals surface area contributed by atoms with Crippen LogP contribution >= 0.6 is 0 Å². The minimum absolute atomic E-state index is 0.0106. The van der Waals surface area contributed by atoms with E-state index in [9.17, 15) is 13.6 Å². The van der Waals surface area contributed by atoms with E-state index in [0.29, 0.717) is 0 Å². The van der Waals surface area contributed by atoms with Crippen molar-refractivity contribution in [3.05, 3.63) is 59.7 Å². The highest BCUT2D eigenvalue weighted by Gasteiger charge is 2.11. The van der Waals surface area contributed by atoms with Crippen molar-refractivity contribution in [2.24, 2.45) is 0 Å². The number of ether oxygens (including phenoxy) is 1. The molecule has 19 heavy (non-hydrogen) atoms. The maximum absolute atomic E-state index is 13.7. The smallest absolute Gasteiger partial charge is 0.165 e. The van der Waals surface area contributed by atoms with Gasteiger partial charge in [0.25, 0.3) is 0 Å². The van der Waals surface area contributed by atoms with Crippen molar-refractivity contribution in [2.45, 2.75) is 13.3 Å². The molecule has 0 heterocycles. The summed E-state index contributed by atoms with van der Waals surface area (Å²) in [6, 6.07) is 9.71. The van der Waals surface area contributed by atoms with E-state index in [-0.39, 0.29) is 29.3 Å². The highest BCUT2D eigenvalue weighted by molar-refractivity contribution is 5.96. The van der Waals surface area contributed by atoms with Crippen LogP contribution in [0.25, 0.3) is 0 Å². The van der Waals surface area contributed by atoms with Crippen LogP contribution < -0.4 is 4.74 Å². The molecule has 0 aliphatic rings. The van der Waals surface area contributed by atoms with Gasteiger partial charge < -0.3 is 4.74 Å². The molecule has 0 radical (unpaired) electrons. The second-order valence-corrected chi connectivity index (χ2v) is 3.95. The number of carbonyl (C=O) groups is 1. The molecule has 2 nitrogen and oxygen atoms in total. The Morgan fingerprint density at radius 2 is 1.84 bits per heavy atom. The lowest BCUT2D eigenvalue weighted by Crippen LogP contribution is -2.00. The molecular formula is C15H12F2O2. The van der Waals surface area contributed by atoms with E-state index in [1.807, 2.05) is 0 Å². The van der Waals surface area contributed by atoms with Crippen LogP contribution in [-0.2, 0) is 0 Å². The third-order valence-electron chi connectivity index (χ3n) is 2.63. The zero-order valence-electron chi connectivity index (χ0n) is 10.3. The fourth-order valence-corrected chi connectivity index (χ4v) is 1.63. The second kappa shape index (κ2) is 5.61. The molecule has 2 aromatic rings. The van der Waals surface area contributed by atoms with Crippen LogP contribution in [0.4, 0.5) is 8.78 Å². The van der Waals surface area contributed by atoms with Crippen molar-refractivity contribution < 1.29 is 18.3 Å². The van der Waals surface area contributed by atoms with Crippen molar-refractivity contribution >= 4 is 5.78 Å². The van der Waals surface area contributed by atoms with Gasteiger partial charge in [-0.1, -0.05) is 19.1 Å². The van der Waals surface area contributed by atoms with Crippen LogP contribution in [0.3, 0.4) is 0 Å². The number of hydrogen-bond donors (Lipinski definition) is 0. The van der Waals surface area contributed by atoms with E-state index in [1.54, 1.807) is 13.0 Å². The third-order valence-corrected chi connectivity index (χ3v) is 2.63. The van der Waals surface area contributed by atoms with Gasteiger partial charge in [0.1, 0.15) is 11.6 Å². The van der Waals surface area contributed by atoms with Crippen molar-refractivity contribution in [1.82, 2.24) is 0 Å². The predicted octanol–water partition coefficient (Wildman–Crippen LogP) is 4.35. The molecule has 0 aromatic heterocycles. The van der Waals surface area contributed by atoms with Crippen molar-refractivity contribution in [1.29, 1.82) is 0 Å². The average Bonchev–Trinajstić information content (AvgIpc) is 2.41. The monoisotopic (exact) mass is 262 g/mol. The zero-order chi connectivity index (χ0) is 13.8. The van der Waals surface area contributed by atoms with Gasteiger partial charge in [-0.05, 0) is 24.3 Å². The first-order chi connectivity index (χ1) is 9.11. The zero-order valence-corrected chi connectivity index (χ0v) is 10.3. The van der Waals surface area contributed by atoms with Crippen LogP contribution in [0, 0.1) is 11.6 Å². The molecule has 0 amide bonds. The summed E-state index contributed by atoms with van der Waals surface area (Å²) >= 11 is 0. The SMILES string of the molecule is CCC(=O)c1ccc(Oc2ccccc2F)cc1F. The Morgan fingerprint density at radius 3 is 2.47 bits per heavy atom. The highest BCUT2D eigenvalue weighted by atomic mass is 19.1. The van der Waals surface area contributed by atoms with Crippen LogP contribution in [0.5, 0.6) is 11.5 Å². The molecule has 0 unspecified atom stereocenters. The third kappa shape index (κ3) is 2.96. The Labute approximate surface area is 109 Å². The van der Waals surface area contributed by atoms with Gasteiger partial charge in [0.15, 0.2) is 17.3 Å². The Hall–Kier alpha value is -2.23. The fraction of sp³-hybridized carbons (Fsp3) is 0.133. The molecule has 0 fully saturated rings. The second-order valence-electron chi connectivity index (χ2n) is 3.95. The topological polar surface area (TPSA) is 26.3 Å². The number of para-hydroxylation sites is 1. The first kappa shape index (κ1) is 13.2. The lowest BCUT2D eigenvalue weighted by molar-refractivity contribution is 0.0984. The summed E-state index contributed by atoms with van der Waals surface area (Å²) in [7, 11) is 0. The van der Waals surface area contributed by atoms with Gasteiger partial charge in [0.05, 0.1) is 5.56 Å². The highest BCUT2D eigenvalue weighted by Crippen LogP contribution is 2.25. The van der Waals surface area contributed by atoms with Gasteiger partial charge in [0, 0.05) is 12.5 Å². The fourth-order valence-electron chi connectivity index (χ4n) is 1.63. The molecule has 0 bridgehead atoms. The first-order valence-corrected chi connectivity index (χ1v) is 5.87. The minimum Gasteiger partial charge on any atom is -0.454 e. The molecule has 0 N–H and O–H groups in total. The summed E-state index contributed by atoms with van der Waals surface area (Å²) < 4.78 is 32.3. The van der Waals surface area contributed by atoms with E-state index in [1.165, 1.54) is 30.3 Å². The molecule has 0 aliphatic carbocycles. The van der Waals surface area contributed by atoms with E-state index in [0.717, 1.165) is 6.07 Å². The summed E-state index contributed by atoms with van der Waals surface area (Å²) in [6.07, 6.45) is 0.227.